The van der Waals surface area contributed by atoms with E-state index in [4.69, 9.17) is 0 Å². The maximum Gasteiger partial charge on any atom is 0.105 e. The molecule has 1 N–H and O–H groups in total. The Morgan fingerprint density at radius 3 is 2.31 bits per heavy atom. The fourth-order valence-electron chi connectivity index (χ4n) is 3.08. The molecule has 3 heteroatoms. The van der Waals surface area contributed by atoms with E-state index in [9.17, 15) is 0 Å². The molecule has 3 nitrogen and oxygen atoms in total. The van der Waals surface area contributed by atoms with Crippen LogP contribution < -0.4 is 5.32 Å². The van der Waals surface area contributed by atoms with Gasteiger partial charge in [0.25, 0.3) is 0 Å². The highest BCUT2D eigenvalue weighted by Gasteiger charge is 2.06. The summed E-state index contributed by atoms with van der Waals surface area (Å²) in [5, 5.41) is 3.52. The predicted molar refractivity (Wildman–Crippen MR) is 108 cm³/mol. The van der Waals surface area contributed by atoms with Gasteiger partial charge in [0.2, 0.25) is 0 Å². The predicted octanol–water partition coefficient (Wildman–Crippen LogP) is 5.65. The number of rotatable bonds is 5. The summed E-state index contributed by atoms with van der Waals surface area (Å²) in [7, 11) is 0. The Hall–Kier alpha value is -3.33. The highest BCUT2D eigenvalue weighted by Crippen LogP contribution is 2.30. The van der Waals surface area contributed by atoms with Crippen molar-refractivity contribution in [1.82, 2.24) is 9.55 Å². The van der Waals surface area contributed by atoms with E-state index < -0.39 is 0 Å². The molecule has 0 saturated heterocycles. The molecule has 0 atom stereocenters. The van der Waals surface area contributed by atoms with E-state index in [0.29, 0.717) is 0 Å². The molecule has 3 aromatic carbocycles. The van der Waals surface area contributed by atoms with Crippen LogP contribution in [0.15, 0.2) is 91.3 Å². The van der Waals surface area contributed by atoms with Crippen LogP contribution in [0.2, 0.25) is 0 Å². The van der Waals surface area contributed by atoms with Crippen molar-refractivity contribution in [2.75, 3.05) is 5.32 Å². The first-order chi connectivity index (χ1) is 12.8. The lowest BCUT2D eigenvalue weighted by Gasteiger charge is -2.13. The monoisotopic (exact) mass is 339 g/mol. The fourth-order valence-corrected chi connectivity index (χ4v) is 3.08. The third kappa shape index (κ3) is 3.52. The summed E-state index contributed by atoms with van der Waals surface area (Å²) < 4.78 is 2.15. The number of aromatic nitrogens is 2. The van der Waals surface area contributed by atoms with E-state index in [2.05, 4.69) is 75.5 Å². The standard InChI is InChI=1S/C23H21N3/c1-18-24-15-16-26(18)17-19-11-13-20(14-12-19)22-9-5-6-10-23(22)25-21-7-3-2-4-8-21/h2-16,25H,17H2,1H3. The van der Waals surface area contributed by atoms with Crippen LogP contribution in [0.1, 0.15) is 11.4 Å². The van der Waals surface area contributed by atoms with Gasteiger partial charge in [-0.3, -0.25) is 0 Å². The van der Waals surface area contributed by atoms with Crippen LogP contribution in [0.25, 0.3) is 11.1 Å². The zero-order valence-electron chi connectivity index (χ0n) is 14.8. The Morgan fingerprint density at radius 1 is 0.846 bits per heavy atom. The van der Waals surface area contributed by atoms with Crippen molar-refractivity contribution in [2.45, 2.75) is 13.5 Å². The Balaban J connectivity index is 1.59. The number of hydrogen-bond acceptors (Lipinski definition) is 2. The van der Waals surface area contributed by atoms with Crippen molar-refractivity contribution in [1.29, 1.82) is 0 Å². The molecule has 0 radical (unpaired) electrons. The van der Waals surface area contributed by atoms with Crippen LogP contribution in [-0.2, 0) is 6.54 Å². The molecular formula is C23H21N3. The number of anilines is 2. The normalized spacial score (nSPS) is 10.7. The molecule has 4 rings (SSSR count). The number of para-hydroxylation sites is 2. The summed E-state index contributed by atoms with van der Waals surface area (Å²) in [6, 6.07) is 27.4. The molecule has 0 saturated carbocycles. The summed E-state index contributed by atoms with van der Waals surface area (Å²) in [4.78, 5) is 4.28. The molecule has 1 heterocycles. The van der Waals surface area contributed by atoms with Crippen molar-refractivity contribution in [3.63, 3.8) is 0 Å². The zero-order chi connectivity index (χ0) is 17.8. The first-order valence-corrected chi connectivity index (χ1v) is 8.78. The second-order valence-corrected chi connectivity index (χ2v) is 6.34. The quantitative estimate of drug-likeness (QED) is 0.509. The van der Waals surface area contributed by atoms with E-state index in [1.54, 1.807) is 0 Å². The van der Waals surface area contributed by atoms with Crippen LogP contribution in [0.3, 0.4) is 0 Å². The number of imidazole rings is 1. The molecule has 0 spiro atoms. The van der Waals surface area contributed by atoms with Crippen LogP contribution >= 0.6 is 0 Å². The van der Waals surface area contributed by atoms with Gasteiger partial charge in [0.15, 0.2) is 0 Å². The lowest BCUT2D eigenvalue weighted by atomic mass is 10.0. The zero-order valence-corrected chi connectivity index (χ0v) is 14.8. The van der Waals surface area contributed by atoms with Crippen LogP contribution in [-0.4, -0.2) is 9.55 Å². The van der Waals surface area contributed by atoms with Crippen molar-refractivity contribution in [3.05, 3.63) is 103 Å². The van der Waals surface area contributed by atoms with Crippen molar-refractivity contribution >= 4 is 11.4 Å². The number of nitrogens with one attached hydrogen (secondary N) is 1. The van der Waals surface area contributed by atoms with Gasteiger partial charge in [0, 0.05) is 35.9 Å². The minimum absolute atomic E-state index is 0.843. The van der Waals surface area contributed by atoms with E-state index in [1.807, 2.05) is 37.5 Å². The molecule has 4 aromatic rings. The van der Waals surface area contributed by atoms with Crippen molar-refractivity contribution in [3.8, 4) is 11.1 Å². The summed E-state index contributed by atoms with van der Waals surface area (Å²) in [6.45, 7) is 2.87. The highest BCUT2D eigenvalue weighted by molar-refractivity contribution is 5.81. The molecule has 128 valence electrons. The molecule has 0 aliphatic heterocycles. The topological polar surface area (TPSA) is 29.9 Å². The molecule has 1 aromatic heterocycles. The molecule has 0 aliphatic rings. The Bertz CT molecular complexity index is 985. The third-order valence-corrected chi connectivity index (χ3v) is 4.52. The SMILES string of the molecule is Cc1nccn1Cc1ccc(-c2ccccc2Nc2ccccc2)cc1. The molecule has 0 unspecified atom stereocenters. The summed E-state index contributed by atoms with van der Waals surface area (Å²) in [5.41, 5.74) is 5.87. The molecule has 0 bridgehead atoms. The lowest BCUT2D eigenvalue weighted by molar-refractivity contribution is 0.762. The van der Waals surface area contributed by atoms with Crippen LogP contribution in [0, 0.1) is 6.92 Å². The maximum atomic E-state index is 4.28. The maximum absolute atomic E-state index is 4.28. The third-order valence-electron chi connectivity index (χ3n) is 4.52. The minimum atomic E-state index is 0.843. The van der Waals surface area contributed by atoms with Crippen molar-refractivity contribution < 1.29 is 0 Å². The van der Waals surface area contributed by atoms with E-state index >= 15 is 0 Å². The van der Waals surface area contributed by atoms with E-state index in [1.165, 1.54) is 16.7 Å². The molecule has 0 aliphatic carbocycles. The van der Waals surface area contributed by atoms with E-state index in [0.717, 1.165) is 23.7 Å². The smallest absolute Gasteiger partial charge is 0.105 e. The van der Waals surface area contributed by atoms with Gasteiger partial charge >= 0.3 is 0 Å². The average molecular weight is 339 g/mol. The number of nitrogens with zero attached hydrogens (tertiary/aromatic N) is 2. The minimum Gasteiger partial charge on any atom is -0.355 e. The number of benzene rings is 3. The van der Waals surface area contributed by atoms with Gasteiger partial charge in [0.05, 0.1) is 0 Å². The van der Waals surface area contributed by atoms with Gasteiger partial charge in [-0.15, -0.1) is 0 Å². The number of aryl methyl sites for hydroxylation is 1. The summed E-state index contributed by atoms with van der Waals surface area (Å²) >= 11 is 0. The molecule has 0 amide bonds. The van der Waals surface area contributed by atoms with E-state index in [-0.39, 0.29) is 0 Å². The van der Waals surface area contributed by atoms with Gasteiger partial charge in [-0.2, -0.15) is 0 Å². The lowest BCUT2D eigenvalue weighted by Crippen LogP contribution is -2.00. The van der Waals surface area contributed by atoms with Crippen LogP contribution in [0.4, 0.5) is 11.4 Å². The van der Waals surface area contributed by atoms with Gasteiger partial charge in [-0.1, -0.05) is 60.7 Å². The number of hydrogen-bond donors (Lipinski definition) is 1. The van der Waals surface area contributed by atoms with Gasteiger partial charge in [0.1, 0.15) is 5.82 Å². The first kappa shape index (κ1) is 16.2. The van der Waals surface area contributed by atoms with Gasteiger partial charge in [-0.25, -0.2) is 4.98 Å². The molecule has 0 fully saturated rings. The largest absolute Gasteiger partial charge is 0.355 e. The second-order valence-electron chi connectivity index (χ2n) is 6.34. The van der Waals surface area contributed by atoms with Gasteiger partial charge < -0.3 is 9.88 Å². The van der Waals surface area contributed by atoms with Crippen LogP contribution in [0.5, 0.6) is 0 Å². The first-order valence-electron chi connectivity index (χ1n) is 8.78. The fraction of sp³-hybridized carbons (Fsp3) is 0.0870. The highest BCUT2D eigenvalue weighted by atomic mass is 15.0. The summed E-state index contributed by atoms with van der Waals surface area (Å²) in [5.74, 6) is 1.03. The molecular weight excluding hydrogens is 318 g/mol. The average Bonchev–Trinajstić information content (AvgIpc) is 3.08. The van der Waals surface area contributed by atoms with Gasteiger partial charge in [-0.05, 0) is 36.2 Å². The molecule has 26 heavy (non-hydrogen) atoms. The second kappa shape index (κ2) is 7.28. The Labute approximate surface area is 154 Å². The van der Waals surface area contributed by atoms with Crippen molar-refractivity contribution in [2.24, 2.45) is 0 Å². The Morgan fingerprint density at radius 2 is 1.58 bits per heavy atom. The Kier molecular flexibility index (Phi) is 4.52. The summed E-state index contributed by atoms with van der Waals surface area (Å²) in [6.07, 6.45) is 3.86.